The van der Waals surface area contributed by atoms with Gasteiger partial charge in [-0.2, -0.15) is 4.98 Å². The van der Waals surface area contributed by atoms with Crippen molar-refractivity contribution in [2.75, 3.05) is 49.2 Å². The van der Waals surface area contributed by atoms with Gasteiger partial charge in [-0.15, -0.1) is 11.3 Å². The van der Waals surface area contributed by atoms with Crippen LogP contribution >= 0.6 is 11.3 Å². The Morgan fingerprint density at radius 3 is 2.54 bits per heavy atom. The number of aromatic nitrogens is 2. The van der Waals surface area contributed by atoms with Gasteiger partial charge in [-0.25, -0.2) is 4.98 Å². The van der Waals surface area contributed by atoms with Gasteiger partial charge < -0.3 is 25.0 Å². The van der Waals surface area contributed by atoms with Crippen molar-refractivity contribution in [3.05, 3.63) is 10.9 Å². The molecule has 2 fully saturated rings. The van der Waals surface area contributed by atoms with Crippen LogP contribution in [0.2, 0.25) is 0 Å². The number of anilines is 2. The lowest BCUT2D eigenvalue weighted by Crippen LogP contribution is -2.46. The molecule has 9 heteroatoms. The molecule has 26 heavy (non-hydrogen) atoms. The zero-order valence-electron chi connectivity index (χ0n) is 15.0. The monoisotopic (exact) mass is 377 g/mol. The summed E-state index contributed by atoms with van der Waals surface area (Å²) in [6.45, 7) is 8.47. The van der Waals surface area contributed by atoms with Gasteiger partial charge in [-0.1, -0.05) is 0 Å². The van der Waals surface area contributed by atoms with Crippen LogP contribution in [0.5, 0.6) is 0 Å². The van der Waals surface area contributed by atoms with Crippen LogP contribution in [0.4, 0.5) is 11.8 Å². The molecular weight excluding hydrogens is 354 g/mol. The van der Waals surface area contributed by atoms with E-state index in [4.69, 9.17) is 25.2 Å². The van der Waals surface area contributed by atoms with E-state index in [2.05, 4.69) is 23.6 Å². The molecule has 4 heterocycles. The highest BCUT2D eigenvalue weighted by atomic mass is 32.1. The number of ether oxygens (including phenoxy) is 2. The average Bonchev–Trinajstić information content (AvgIpc) is 3.05. The molecule has 0 saturated carbocycles. The van der Waals surface area contributed by atoms with E-state index in [1.54, 1.807) is 6.07 Å². The van der Waals surface area contributed by atoms with Crippen molar-refractivity contribution in [3.63, 3.8) is 0 Å². The maximum absolute atomic E-state index is 11.7. The van der Waals surface area contributed by atoms with Crippen LogP contribution in [0.1, 0.15) is 23.5 Å². The Bertz CT molecular complexity index is 810. The molecule has 2 aromatic rings. The van der Waals surface area contributed by atoms with Crippen molar-refractivity contribution in [2.45, 2.75) is 26.1 Å². The van der Waals surface area contributed by atoms with E-state index in [1.807, 2.05) is 0 Å². The highest BCUT2D eigenvalue weighted by Gasteiger charge is 2.27. The van der Waals surface area contributed by atoms with Crippen LogP contribution in [0, 0.1) is 0 Å². The predicted molar refractivity (Wildman–Crippen MR) is 101 cm³/mol. The summed E-state index contributed by atoms with van der Waals surface area (Å²) in [6, 6.07) is 1.77. The zero-order chi connectivity index (χ0) is 18.3. The maximum Gasteiger partial charge on any atom is 0.258 e. The molecule has 2 aromatic heterocycles. The Hall–Kier alpha value is -1.97. The Morgan fingerprint density at radius 2 is 1.88 bits per heavy atom. The molecule has 2 atom stereocenters. The second kappa shape index (κ2) is 6.98. The number of hydrogen-bond acceptors (Lipinski definition) is 8. The summed E-state index contributed by atoms with van der Waals surface area (Å²) in [7, 11) is 0. The maximum atomic E-state index is 11.7. The third-order valence-corrected chi connectivity index (χ3v) is 5.73. The van der Waals surface area contributed by atoms with Crippen molar-refractivity contribution in [3.8, 4) is 0 Å². The number of fused-ring (bicyclic) bond motifs is 1. The summed E-state index contributed by atoms with van der Waals surface area (Å²) in [5, 5.41) is 0. The van der Waals surface area contributed by atoms with E-state index < -0.39 is 5.91 Å². The highest BCUT2D eigenvalue weighted by molar-refractivity contribution is 7.21. The number of rotatable bonds is 3. The fraction of sp³-hybridized carbons (Fsp3) is 0.588. The first-order valence-corrected chi connectivity index (χ1v) is 9.67. The van der Waals surface area contributed by atoms with Gasteiger partial charge in [-0.3, -0.25) is 4.79 Å². The number of nitrogens with two attached hydrogens (primary N) is 1. The van der Waals surface area contributed by atoms with Crippen molar-refractivity contribution in [1.82, 2.24) is 9.97 Å². The molecule has 1 amide bonds. The minimum atomic E-state index is -0.434. The third-order valence-electron chi connectivity index (χ3n) is 4.60. The van der Waals surface area contributed by atoms with E-state index in [0.717, 1.165) is 42.2 Å². The van der Waals surface area contributed by atoms with Gasteiger partial charge in [0.1, 0.15) is 0 Å². The Balaban J connectivity index is 1.79. The quantitative estimate of drug-likeness (QED) is 0.860. The van der Waals surface area contributed by atoms with Gasteiger partial charge in [0.05, 0.1) is 40.5 Å². The highest BCUT2D eigenvalue weighted by Crippen LogP contribution is 2.34. The van der Waals surface area contributed by atoms with Crippen molar-refractivity contribution < 1.29 is 14.3 Å². The summed E-state index contributed by atoms with van der Waals surface area (Å²) in [4.78, 5) is 26.1. The molecular formula is C17H23N5O3S. The van der Waals surface area contributed by atoms with Crippen LogP contribution in [-0.4, -0.2) is 67.5 Å². The Kier molecular flexibility index (Phi) is 4.68. The van der Waals surface area contributed by atoms with Gasteiger partial charge in [-0.05, 0) is 19.9 Å². The SMILES string of the molecule is C[C@@H]1CN(c2nc(N3CCOCC3)c3sc(C(N)=O)cc3n2)C[C@H](C)O1. The summed E-state index contributed by atoms with van der Waals surface area (Å²) in [6.07, 6.45) is 0.238. The standard InChI is InChI=1S/C17H23N5O3S/c1-10-8-22(9-11(2)25-10)17-19-12-7-13(15(18)23)26-14(12)16(20-17)21-3-5-24-6-4-21/h7,10-11H,3-6,8-9H2,1-2H3,(H2,18,23)/t10-,11+. The van der Waals surface area contributed by atoms with Crippen molar-refractivity contribution >= 4 is 39.2 Å². The van der Waals surface area contributed by atoms with Crippen molar-refractivity contribution in [1.29, 1.82) is 0 Å². The van der Waals surface area contributed by atoms with E-state index in [-0.39, 0.29) is 12.2 Å². The first kappa shape index (κ1) is 17.4. The number of morpholine rings is 2. The summed E-state index contributed by atoms with van der Waals surface area (Å²) >= 11 is 1.36. The fourth-order valence-electron chi connectivity index (χ4n) is 3.50. The molecule has 0 radical (unpaired) electrons. The molecule has 2 saturated heterocycles. The minimum absolute atomic E-state index is 0.119. The topological polar surface area (TPSA) is 93.8 Å². The largest absolute Gasteiger partial charge is 0.378 e. The van der Waals surface area contributed by atoms with Crippen LogP contribution in [0.15, 0.2) is 6.07 Å². The number of carbonyl (C=O) groups excluding carboxylic acids is 1. The van der Waals surface area contributed by atoms with Crippen LogP contribution < -0.4 is 15.5 Å². The molecule has 0 aromatic carbocycles. The van der Waals surface area contributed by atoms with E-state index in [1.165, 1.54) is 11.3 Å². The van der Waals surface area contributed by atoms with Crippen LogP contribution in [0.25, 0.3) is 10.2 Å². The number of amides is 1. The lowest BCUT2D eigenvalue weighted by molar-refractivity contribution is -0.00570. The number of primary amides is 1. The van der Waals surface area contributed by atoms with E-state index >= 15 is 0 Å². The number of thiophene rings is 1. The molecule has 8 nitrogen and oxygen atoms in total. The molecule has 0 bridgehead atoms. The average molecular weight is 377 g/mol. The van der Waals surface area contributed by atoms with Crippen LogP contribution in [-0.2, 0) is 9.47 Å². The van der Waals surface area contributed by atoms with Gasteiger partial charge in [0, 0.05) is 26.2 Å². The van der Waals surface area contributed by atoms with Crippen LogP contribution in [0.3, 0.4) is 0 Å². The Morgan fingerprint density at radius 1 is 1.19 bits per heavy atom. The molecule has 0 unspecified atom stereocenters. The third kappa shape index (κ3) is 3.34. The van der Waals surface area contributed by atoms with E-state index in [0.29, 0.717) is 24.0 Å². The van der Waals surface area contributed by atoms with E-state index in [9.17, 15) is 4.79 Å². The lowest BCUT2D eigenvalue weighted by Gasteiger charge is -2.36. The molecule has 140 valence electrons. The molecule has 2 aliphatic heterocycles. The lowest BCUT2D eigenvalue weighted by atomic mass is 10.2. The predicted octanol–water partition coefficient (Wildman–Crippen LogP) is 1.24. The summed E-state index contributed by atoms with van der Waals surface area (Å²) < 4.78 is 12.2. The first-order chi connectivity index (χ1) is 12.5. The van der Waals surface area contributed by atoms with Gasteiger partial charge in [0.2, 0.25) is 5.95 Å². The summed E-state index contributed by atoms with van der Waals surface area (Å²) in [5.74, 6) is 1.10. The molecule has 4 rings (SSSR count). The smallest absolute Gasteiger partial charge is 0.258 e. The summed E-state index contributed by atoms with van der Waals surface area (Å²) in [5.41, 5.74) is 6.25. The normalized spacial score (nSPS) is 24.2. The number of nitrogens with zero attached hydrogens (tertiary/aromatic N) is 4. The zero-order valence-corrected chi connectivity index (χ0v) is 15.8. The molecule has 2 N–H and O–H groups in total. The molecule has 2 aliphatic rings. The van der Waals surface area contributed by atoms with Crippen molar-refractivity contribution in [2.24, 2.45) is 5.73 Å². The fourth-order valence-corrected chi connectivity index (χ4v) is 4.46. The second-order valence-electron chi connectivity index (χ2n) is 6.80. The first-order valence-electron chi connectivity index (χ1n) is 8.85. The Labute approximate surface area is 155 Å². The number of hydrogen-bond donors (Lipinski definition) is 1. The minimum Gasteiger partial charge on any atom is -0.378 e. The van der Waals surface area contributed by atoms with Gasteiger partial charge in [0.15, 0.2) is 5.82 Å². The molecule has 0 aliphatic carbocycles. The van der Waals surface area contributed by atoms with Gasteiger partial charge in [0.25, 0.3) is 5.91 Å². The number of carbonyl (C=O) groups is 1. The van der Waals surface area contributed by atoms with Gasteiger partial charge >= 0.3 is 0 Å². The molecule has 0 spiro atoms. The second-order valence-corrected chi connectivity index (χ2v) is 7.85.